The number of carboxylic acids is 1. The topological polar surface area (TPSA) is 64.2 Å². The first-order valence-electron chi connectivity index (χ1n) is 4.42. The number of hydrogen-bond acceptors (Lipinski definition) is 2. The van der Waals surface area contributed by atoms with Gasteiger partial charge >= 0.3 is 5.97 Å². The third kappa shape index (κ3) is 1.16. The Bertz CT molecular complexity index is 607. The minimum atomic E-state index is -1.08. The van der Waals surface area contributed by atoms with Gasteiger partial charge in [-0.2, -0.15) is 0 Å². The van der Waals surface area contributed by atoms with Crippen LogP contribution >= 0.6 is 0 Å². The maximum Gasteiger partial charge on any atom is 0.336 e. The molecule has 0 atom stereocenters. The summed E-state index contributed by atoms with van der Waals surface area (Å²) in [4.78, 5) is 22.7. The summed E-state index contributed by atoms with van der Waals surface area (Å²) >= 11 is 0. The summed E-state index contributed by atoms with van der Waals surface area (Å²) in [5.41, 5.74) is 0.390. The monoisotopic (exact) mass is 206 g/mol. The van der Waals surface area contributed by atoms with Gasteiger partial charge in [0.25, 0.3) is 5.56 Å². The molecule has 0 spiro atoms. The summed E-state index contributed by atoms with van der Waals surface area (Å²) in [6, 6.07) is 4.79. The van der Waals surface area contributed by atoms with Crippen LogP contribution in [0.25, 0.3) is 10.9 Å². The van der Waals surface area contributed by atoms with Crippen molar-refractivity contribution < 1.29 is 9.90 Å². The van der Waals surface area contributed by atoms with Gasteiger partial charge in [-0.05, 0) is 12.1 Å². The van der Waals surface area contributed by atoms with E-state index in [1.807, 2.05) is 0 Å². The number of rotatable bonds is 1. The van der Waals surface area contributed by atoms with E-state index in [2.05, 4.69) is 0 Å². The molecule has 0 bridgehead atoms. The summed E-state index contributed by atoms with van der Waals surface area (Å²) in [5, 5.41) is 9.21. The Morgan fingerprint density at radius 1 is 1.27 bits per heavy atom. The Morgan fingerprint density at radius 3 is 2.53 bits per heavy atom. The van der Waals surface area contributed by atoms with Gasteiger partial charge in [0.05, 0.1) is 16.5 Å². The van der Waals surface area contributed by atoms with Crippen LogP contribution in [0.3, 0.4) is 0 Å². The first kappa shape index (κ1) is 9.51. The molecule has 0 amide bonds. The molecule has 1 heterocycles. The molecule has 2 aromatic rings. The minimum Gasteiger partial charge on any atom is -0.478 e. The minimum absolute atomic E-state index is 0.0497. The summed E-state index contributed by atoms with van der Waals surface area (Å²) in [7, 11) is 3.32. The lowest BCUT2D eigenvalue weighted by Gasteiger charge is -1.99. The molecule has 0 saturated carbocycles. The number of hydrogen-bond donors (Lipinski definition) is 1. The Hall–Kier alpha value is -2.04. The molecule has 5 nitrogen and oxygen atoms in total. The summed E-state index contributed by atoms with van der Waals surface area (Å²) in [6.45, 7) is 0. The van der Waals surface area contributed by atoms with Crippen molar-refractivity contribution in [2.75, 3.05) is 0 Å². The lowest BCUT2D eigenvalue weighted by molar-refractivity contribution is 0.0699. The molecule has 1 aromatic heterocycles. The van der Waals surface area contributed by atoms with Crippen LogP contribution in [0.1, 0.15) is 10.4 Å². The molecule has 0 aliphatic carbocycles. The van der Waals surface area contributed by atoms with E-state index >= 15 is 0 Å². The van der Waals surface area contributed by atoms with Crippen LogP contribution in [0.4, 0.5) is 0 Å². The average molecular weight is 206 g/mol. The molecule has 1 N–H and O–H groups in total. The highest BCUT2D eigenvalue weighted by Gasteiger charge is 2.15. The maximum atomic E-state index is 11.8. The lowest BCUT2D eigenvalue weighted by Crippen LogP contribution is -2.17. The molecular formula is C10H10N2O3. The quantitative estimate of drug-likeness (QED) is 0.742. The highest BCUT2D eigenvalue weighted by Crippen LogP contribution is 2.14. The number of aryl methyl sites for hydroxylation is 1. The molecule has 5 heteroatoms. The van der Waals surface area contributed by atoms with Gasteiger partial charge in [-0.25, -0.2) is 4.79 Å². The smallest absolute Gasteiger partial charge is 0.336 e. The van der Waals surface area contributed by atoms with Gasteiger partial charge in [0.2, 0.25) is 0 Å². The van der Waals surface area contributed by atoms with E-state index in [4.69, 9.17) is 5.11 Å². The fraction of sp³-hybridized carbons (Fsp3) is 0.200. The zero-order valence-electron chi connectivity index (χ0n) is 8.39. The Morgan fingerprint density at radius 2 is 1.93 bits per heavy atom. The van der Waals surface area contributed by atoms with Gasteiger partial charge in [-0.15, -0.1) is 0 Å². The second-order valence-corrected chi connectivity index (χ2v) is 3.36. The average Bonchev–Trinajstić information content (AvgIpc) is 2.44. The molecule has 2 rings (SSSR count). The molecule has 0 aliphatic rings. The van der Waals surface area contributed by atoms with Crippen molar-refractivity contribution in [3.63, 3.8) is 0 Å². The van der Waals surface area contributed by atoms with Gasteiger partial charge < -0.3 is 5.11 Å². The van der Waals surface area contributed by atoms with Crippen LogP contribution in [-0.2, 0) is 14.1 Å². The maximum absolute atomic E-state index is 11.8. The predicted molar refractivity (Wildman–Crippen MR) is 55.1 cm³/mol. The Kier molecular flexibility index (Phi) is 1.89. The standard InChI is InChI=1S/C10H10N2O3/c1-11-7-5-3-4-6(10(14)15)8(7)9(13)12(11)2/h3-5H,1-2H3,(H,14,15). The van der Waals surface area contributed by atoms with Crippen molar-refractivity contribution in [3.05, 3.63) is 34.1 Å². The highest BCUT2D eigenvalue weighted by molar-refractivity contribution is 6.02. The molecular weight excluding hydrogens is 196 g/mol. The van der Waals surface area contributed by atoms with Gasteiger partial charge in [0, 0.05) is 14.1 Å². The number of aromatic nitrogens is 2. The van der Waals surface area contributed by atoms with E-state index in [0.29, 0.717) is 5.52 Å². The van der Waals surface area contributed by atoms with Crippen molar-refractivity contribution in [1.29, 1.82) is 0 Å². The number of aromatic carboxylic acids is 1. The van der Waals surface area contributed by atoms with Crippen molar-refractivity contribution in [1.82, 2.24) is 9.36 Å². The van der Waals surface area contributed by atoms with Crippen molar-refractivity contribution >= 4 is 16.9 Å². The first-order chi connectivity index (χ1) is 7.04. The second kappa shape index (κ2) is 2.98. The summed E-state index contributed by atoms with van der Waals surface area (Å²) in [5.74, 6) is -1.08. The molecule has 0 aliphatic heterocycles. The zero-order chi connectivity index (χ0) is 11.2. The molecule has 0 unspecified atom stereocenters. The molecule has 0 fully saturated rings. The number of carbonyl (C=O) groups is 1. The third-order valence-electron chi connectivity index (χ3n) is 2.58. The number of carboxylic acid groups (broad SMARTS) is 1. The van der Waals surface area contributed by atoms with Gasteiger partial charge in [0.1, 0.15) is 0 Å². The summed E-state index contributed by atoms with van der Waals surface area (Å²) in [6.07, 6.45) is 0. The SMILES string of the molecule is Cn1c(=O)c2c(C(=O)O)cccc2n1C. The van der Waals surface area contributed by atoms with Crippen molar-refractivity contribution in [2.45, 2.75) is 0 Å². The molecule has 1 aromatic carbocycles. The fourth-order valence-electron chi connectivity index (χ4n) is 1.67. The molecule has 0 radical (unpaired) electrons. The van der Waals surface area contributed by atoms with Gasteiger partial charge in [0.15, 0.2) is 0 Å². The van der Waals surface area contributed by atoms with E-state index in [0.717, 1.165) is 0 Å². The Labute approximate surface area is 85.1 Å². The highest BCUT2D eigenvalue weighted by atomic mass is 16.4. The lowest BCUT2D eigenvalue weighted by atomic mass is 10.1. The Balaban J connectivity index is 3.05. The van der Waals surface area contributed by atoms with E-state index in [1.165, 1.54) is 10.7 Å². The molecule has 15 heavy (non-hydrogen) atoms. The van der Waals surface area contributed by atoms with Crippen LogP contribution in [-0.4, -0.2) is 20.4 Å². The van der Waals surface area contributed by atoms with Gasteiger partial charge in [-0.3, -0.25) is 14.2 Å². The van der Waals surface area contributed by atoms with E-state index in [9.17, 15) is 9.59 Å². The van der Waals surface area contributed by atoms with Crippen LogP contribution in [0, 0.1) is 0 Å². The van der Waals surface area contributed by atoms with Crippen LogP contribution in [0.5, 0.6) is 0 Å². The van der Waals surface area contributed by atoms with Crippen molar-refractivity contribution in [2.24, 2.45) is 14.1 Å². The summed E-state index contributed by atoms with van der Waals surface area (Å²) < 4.78 is 3.02. The van der Waals surface area contributed by atoms with Crippen LogP contribution < -0.4 is 5.56 Å². The van der Waals surface area contributed by atoms with Crippen molar-refractivity contribution in [3.8, 4) is 0 Å². The van der Waals surface area contributed by atoms with E-state index in [-0.39, 0.29) is 16.5 Å². The van der Waals surface area contributed by atoms with E-state index < -0.39 is 5.97 Å². The second-order valence-electron chi connectivity index (χ2n) is 3.36. The first-order valence-corrected chi connectivity index (χ1v) is 4.42. The molecule has 0 saturated heterocycles. The zero-order valence-corrected chi connectivity index (χ0v) is 8.39. The molecule has 78 valence electrons. The predicted octanol–water partition coefficient (Wildman–Crippen LogP) is 0.575. The number of fused-ring (bicyclic) bond motifs is 1. The van der Waals surface area contributed by atoms with Crippen LogP contribution in [0.2, 0.25) is 0 Å². The normalized spacial score (nSPS) is 10.8. The third-order valence-corrected chi connectivity index (χ3v) is 2.58. The van der Waals surface area contributed by atoms with Gasteiger partial charge in [-0.1, -0.05) is 6.07 Å². The van der Waals surface area contributed by atoms with Crippen LogP contribution in [0.15, 0.2) is 23.0 Å². The number of nitrogens with zero attached hydrogens (tertiary/aromatic N) is 2. The van der Waals surface area contributed by atoms with E-state index in [1.54, 1.807) is 30.9 Å². The largest absolute Gasteiger partial charge is 0.478 e. The number of benzene rings is 1. The fourth-order valence-corrected chi connectivity index (χ4v) is 1.67.